The van der Waals surface area contributed by atoms with Gasteiger partial charge in [0.15, 0.2) is 0 Å². The molecule has 82 valence electrons. The van der Waals surface area contributed by atoms with Crippen LogP contribution < -0.4 is 5.32 Å². The summed E-state index contributed by atoms with van der Waals surface area (Å²) in [5, 5.41) is 12.2. The Bertz CT molecular complexity index is 366. The van der Waals surface area contributed by atoms with Crippen LogP contribution in [0.3, 0.4) is 0 Å². The third-order valence-corrected chi connectivity index (χ3v) is 2.57. The molecule has 0 aromatic heterocycles. The van der Waals surface area contributed by atoms with Gasteiger partial charge in [-0.25, -0.2) is 0 Å². The van der Waals surface area contributed by atoms with Crippen molar-refractivity contribution in [3.05, 3.63) is 28.2 Å². The topological polar surface area (TPSA) is 49.3 Å². The molecule has 2 N–H and O–H groups in total. The third kappa shape index (κ3) is 3.83. The molecule has 1 rings (SSSR count). The van der Waals surface area contributed by atoms with Crippen molar-refractivity contribution in [3.8, 4) is 5.75 Å². The second kappa shape index (κ2) is 5.51. The van der Waals surface area contributed by atoms with E-state index in [9.17, 15) is 9.90 Å². The molecular weight excluding hydrogens is 326 g/mol. The second-order valence-corrected chi connectivity index (χ2v) is 5.63. The zero-order valence-electron chi connectivity index (χ0n) is 8.13. The van der Waals surface area contributed by atoms with Crippen LogP contribution in [0.2, 0.25) is 0 Å². The van der Waals surface area contributed by atoms with Gasteiger partial charge in [-0.15, -0.1) is 0 Å². The Hall–Kier alpha value is -0.550. The van der Waals surface area contributed by atoms with E-state index in [4.69, 9.17) is 0 Å². The molecule has 1 aromatic carbocycles. The lowest BCUT2D eigenvalue weighted by Crippen LogP contribution is -2.28. The van der Waals surface area contributed by atoms with Gasteiger partial charge >= 0.3 is 0 Å². The summed E-state index contributed by atoms with van der Waals surface area (Å²) in [4.78, 5) is 11.8. The standard InChI is InChI=1S/C10H11Br2NO2/c1-6(11)5-13-10(15)8-3-2-7(12)4-9(8)14/h2-4,6,14H,5H2,1H3,(H,13,15). The predicted octanol–water partition coefficient (Wildman–Crippen LogP) is 2.67. The molecule has 1 unspecified atom stereocenters. The summed E-state index contributed by atoms with van der Waals surface area (Å²) in [6, 6.07) is 4.78. The summed E-state index contributed by atoms with van der Waals surface area (Å²) >= 11 is 6.53. The fourth-order valence-corrected chi connectivity index (χ4v) is 1.54. The first-order valence-electron chi connectivity index (χ1n) is 4.41. The first kappa shape index (κ1) is 12.5. The number of aromatic hydroxyl groups is 1. The number of hydrogen-bond donors (Lipinski definition) is 2. The molecular formula is C10H11Br2NO2. The largest absolute Gasteiger partial charge is 0.507 e. The van der Waals surface area contributed by atoms with Crippen molar-refractivity contribution < 1.29 is 9.90 Å². The quantitative estimate of drug-likeness (QED) is 0.834. The lowest BCUT2D eigenvalue weighted by molar-refractivity contribution is 0.0951. The zero-order valence-corrected chi connectivity index (χ0v) is 11.3. The number of nitrogens with one attached hydrogen (secondary N) is 1. The number of amides is 1. The minimum Gasteiger partial charge on any atom is -0.507 e. The summed E-state index contributed by atoms with van der Waals surface area (Å²) in [5.41, 5.74) is 0.284. The highest BCUT2D eigenvalue weighted by atomic mass is 79.9. The molecule has 1 atom stereocenters. The van der Waals surface area contributed by atoms with Crippen molar-refractivity contribution in [2.75, 3.05) is 6.54 Å². The van der Waals surface area contributed by atoms with Gasteiger partial charge in [0.2, 0.25) is 0 Å². The molecule has 5 heteroatoms. The number of carbonyl (C=O) groups is 1. The number of benzene rings is 1. The summed E-state index contributed by atoms with van der Waals surface area (Å²) < 4.78 is 0.741. The summed E-state index contributed by atoms with van der Waals surface area (Å²) in [6.07, 6.45) is 0. The van der Waals surface area contributed by atoms with Crippen molar-refractivity contribution in [1.29, 1.82) is 0 Å². The van der Waals surface area contributed by atoms with Gasteiger partial charge in [-0.1, -0.05) is 38.8 Å². The van der Waals surface area contributed by atoms with E-state index in [0.29, 0.717) is 6.54 Å². The molecule has 0 heterocycles. The van der Waals surface area contributed by atoms with E-state index < -0.39 is 0 Å². The number of phenols is 1. The van der Waals surface area contributed by atoms with Gasteiger partial charge in [-0.2, -0.15) is 0 Å². The number of halogens is 2. The van der Waals surface area contributed by atoms with Gasteiger partial charge < -0.3 is 10.4 Å². The van der Waals surface area contributed by atoms with Crippen molar-refractivity contribution in [1.82, 2.24) is 5.32 Å². The van der Waals surface area contributed by atoms with Crippen molar-refractivity contribution >= 4 is 37.8 Å². The Morgan fingerprint density at radius 1 is 1.60 bits per heavy atom. The fourth-order valence-electron chi connectivity index (χ4n) is 1.03. The van der Waals surface area contributed by atoms with Crippen LogP contribution in [0.5, 0.6) is 5.75 Å². The summed E-state index contributed by atoms with van der Waals surface area (Å²) in [5.74, 6) is -0.296. The van der Waals surface area contributed by atoms with Crippen LogP contribution in [0, 0.1) is 0 Å². The highest BCUT2D eigenvalue weighted by Gasteiger charge is 2.11. The molecule has 0 radical (unpaired) electrons. The Kier molecular flexibility index (Phi) is 4.60. The van der Waals surface area contributed by atoms with E-state index in [0.717, 1.165) is 4.47 Å². The van der Waals surface area contributed by atoms with Gasteiger partial charge in [-0.05, 0) is 18.2 Å². The Balaban J connectivity index is 2.74. The first-order valence-corrected chi connectivity index (χ1v) is 6.12. The van der Waals surface area contributed by atoms with Gasteiger partial charge in [-0.3, -0.25) is 4.79 Å². The number of rotatable bonds is 3. The van der Waals surface area contributed by atoms with Gasteiger partial charge in [0.25, 0.3) is 5.91 Å². The molecule has 1 amide bonds. The maximum absolute atomic E-state index is 11.6. The summed E-state index contributed by atoms with van der Waals surface area (Å²) in [7, 11) is 0. The Morgan fingerprint density at radius 3 is 2.80 bits per heavy atom. The van der Waals surface area contributed by atoms with Crippen LogP contribution in [0.15, 0.2) is 22.7 Å². The van der Waals surface area contributed by atoms with Crippen LogP contribution in [-0.4, -0.2) is 22.4 Å². The fraction of sp³-hybridized carbons (Fsp3) is 0.300. The van der Waals surface area contributed by atoms with E-state index in [-0.39, 0.29) is 22.0 Å². The lowest BCUT2D eigenvalue weighted by Gasteiger charge is -2.08. The smallest absolute Gasteiger partial charge is 0.255 e. The second-order valence-electron chi connectivity index (χ2n) is 3.15. The molecule has 0 aliphatic rings. The molecule has 0 saturated carbocycles. The Morgan fingerprint density at radius 2 is 2.27 bits per heavy atom. The van der Waals surface area contributed by atoms with Crippen LogP contribution in [0.25, 0.3) is 0 Å². The molecule has 1 aromatic rings. The molecule has 3 nitrogen and oxygen atoms in total. The first-order chi connectivity index (χ1) is 7.00. The van der Waals surface area contributed by atoms with E-state index in [2.05, 4.69) is 37.2 Å². The van der Waals surface area contributed by atoms with E-state index in [1.807, 2.05) is 6.92 Å². The molecule has 0 saturated heterocycles. The van der Waals surface area contributed by atoms with Crippen LogP contribution in [0.1, 0.15) is 17.3 Å². The molecule has 0 bridgehead atoms. The number of carbonyl (C=O) groups excluding carboxylic acids is 1. The van der Waals surface area contributed by atoms with Crippen molar-refractivity contribution in [2.45, 2.75) is 11.8 Å². The average Bonchev–Trinajstić information content (AvgIpc) is 2.14. The number of phenolic OH excluding ortho intramolecular Hbond substituents is 1. The average molecular weight is 337 g/mol. The van der Waals surface area contributed by atoms with Gasteiger partial charge in [0.1, 0.15) is 5.75 Å². The van der Waals surface area contributed by atoms with Crippen LogP contribution in [0.4, 0.5) is 0 Å². The number of hydrogen-bond acceptors (Lipinski definition) is 2. The summed E-state index contributed by atoms with van der Waals surface area (Å²) in [6.45, 7) is 2.45. The van der Waals surface area contributed by atoms with E-state index >= 15 is 0 Å². The molecule has 0 fully saturated rings. The highest BCUT2D eigenvalue weighted by Crippen LogP contribution is 2.22. The number of alkyl halides is 1. The normalized spacial score (nSPS) is 12.2. The van der Waals surface area contributed by atoms with Crippen molar-refractivity contribution in [2.24, 2.45) is 0 Å². The maximum Gasteiger partial charge on any atom is 0.255 e. The molecule has 0 aliphatic carbocycles. The zero-order chi connectivity index (χ0) is 11.4. The van der Waals surface area contributed by atoms with Gasteiger partial charge in [0, 0.05) is 15.8 Å². The van der Waals surface area contributed by atoms with Gasteiger partial charge in [0.05, 0.1) is 5.56 Å². The maximum atomic E-state index is 11.6. The highest BCUT2D eigenvalue weighted by molar-refractivity contribution is 9.10. The third-order valence-electron chi connectivity index (χ3n) is 1.75. The molecule has 0 aliphatic heterocycles. The van der Waals surface area contributed by atoms with Crippen molar-refractivity contribution in [3.63, 3.8) is 0 Å². The van der Waals surface area contributed by atoms with Crippen LogP contribution >= 0.6 is 31.9 Å². The van der Waals surface area contributed by atoms with Crippen LogP contribution in [-0.2, 0) is 0 Å². The molecule has 0 spiro atoms. The Labute approximate surface area is 105 Å². The lowest BCUT2D eigenvalue weighted by atomic mass is 10.2. The SMILES string of the molecule is CC(Br)CNC(=O)c1ccc(Br)cc1O. The minimum atomic E-state index is -0.272. The predicted molar refractivity (Wildman–Crippen MR) is 66.5 cm³/mol. The minimum absolute atomic E-state index is 0.0240. The van der Waals surface area contributed by atoms with E-state index in [1.165, 1.54) is 6.07 Å². The molecule has 15 heavy (non-hydrogen) atoms. The van der Waals surface area contributed by atoms with E-state index in [1.54, 1.807) is 12.1 Å². The monoisotopic (exact) mass is 335 g/mol.